The van der Waals surface area contributed by atoms with Gasteiger partial charge in [0.15, 0.2) is 0 Å². The van der Waals surface area contributed by atoms with Crippen LogP contribution in [0.1, 0.15) is 30.4 Å². The number of halogens is 1. The Kier molecular flexibility index (Phi) is 5.86. The summed E-state index contributed by atoms with van der Waals surface area (Å²) in [6.45, 7) is 2.83. The van der Waals surface area contributed by atoms with Gasteiger partial charge in [-0.25, -0.2) is 8.42 Å². The van der Waals surface area contributed by atoms with Crippen molar-refractivity contribution in [1.82, 2.24) is 19.7 Å². The van der Waals surface area contributed by atoms with Gasteiger partial charge in [0.1, 0.15) is 6.33 Å². The van der Waals surface area contributed by atoms with Crippen LogP contribution in [-0.4, -0.2) is 52.3 Å². The van der Waals surface area contributed by atoms with E-state index in [2.05, 4.69) is 10.2 Å². The molecule has 7 nitrogen and oxygen atoms in total. The minimum absolute atomic E-state index is 0.00890. The Balaban J connectivity index is 1.55. The molecule has 2 heterocycles. The summed E-state index contributed by atoms with van der Waals surface area (Å²) in [4.78, 5) is 14.2. The fourth-order valence-corrected chi connectivity index (χ4v) is 5.22. The molecule has 1 aromatic carbocycles. The third kappa shape index (κ3) is 4.32. The van der Waals surface area contributed by atoms with E-state index in [9.17, 15) is 13.2 Å². The highest BCUT2D eigenvalue weighted by Gasteiger charge is 2.35. The molecule has 0 saturated carbocycles. The summed E-state index contributed by atoms with van der Waals surface area (Å²) < 4.78 is 26.8. The topological polar surface area (TPSA) is 85.2 Å². The van der Waals surface area contributed by atoms with Crippen LogP contribution in [0.4, 0.5) is 0 Å². The van der Waals surface area contributed by atoms with Crippen LogP contribution in [0.25, 0.3) is 0 Å². The number of carbonyl (C=O) groups excluding carboxylic acids is 1. The number of benzene rings is 1. The fourth-order valence-electron chi connectivity index (χ4n) is 3.37. The van der Waals surface area contributed by atoms with Gasteiger partial charge in [-0.3, -0.25) is 4.79 Å². The van der Waals surface area contributed by atoms with Crippen molar-refractivity contribution in [3.63, 3.8) is 0 Å². The Morgan fingerprint density at radius 2 is 2.00 bits per heavy atom. The van der Waals surface area contributed by atoms with Crippen molar-refractivity contribution < 1.29 is 13.2 Å². The van der Waals surface area contributed by atoms with Crippen LogP contribution in [0.5, 0.6) is 0 Å². The summed E-state index contributed by atoms with van der Waals surface area (Å²) in [6, 6.07) is 5.77. The highest BCUT2D eigenvalue weighted by Crippen LogP contribution is 2.24. The van der Waals surface area contributed by atoms with E-state index < -0.39 is 15.1 Å². The molecule has 27 heavy (non-hydrogen) atoms. The lowest BCUT2D eigenvalue weighted by Gasteiger charge is -2.31. The summed E-state index contributed by atoms with van der Waals surface area (Å²) in [6.07, 6.45) is 3.27. The average molecular weight is 411 g/mol. The van der Waals surface area contributed by atoms with Gasteiger partial charge in [0, 0.05) is 31.6 Å². The maximum Gasteiger partial charge on any atom is 0.249 e. The second kappa shape index (κ2) is 7.98. The second-order valence-electron chi connectivity index (χ2n) is 6.93. The molecule has 146 valence electrons. The van der Waals surface area contributed by atoms with E-state index in [4.69, 9.17) is 11.6 Å². The smallest absolute Gasteiger partial charge is 0.249 e. The zero-order chi connectivity index (χ0) is 19.6. The number of aromatic nitrogens is 3. The predicted octanol–water partition coefficient (Wildman–Crippen LogP) is 2.17. The maximum atomic E-state index is 12.7. The van der Waals surface area contributed by atoms with E-state index >= 15 is 0 Å². The number of hydrogen-bond acceptors (Lipinski definition) is 5. The first kappa shape index (κ1) is 19.8. The Hall–Kier alpha value is -1.93. The van der Waals surface area contributed by atoms with E-state index in [1.54, 1.807) is 11.9 Å². The van der Waals surface area contributed by atoms with Crippen molar-refractivity contribution in [2.24, 2.45) is 7.05 Å². The Labute approximate surface area is 164 Å². The number of amides is 1. The van der Waals surface area contributed by atoms with E-state index in [1.165, 1.54) is 10.9 Å². The molecule has 1 amide bonds. The van der Waals surface area contributed by atoms with Crippen LogP contribution in [0.15, 0.2) is 29.7 Å². The number of carbonyl (C=O) groups is 1. The summed E-state index contributed by atoms with van der Waals surface area (Å²) in [5.74, 6) is 0.0529. The molecule has 1 aromatic heterocycles. The first-order chi connectivity index (χ1) is 12.8. The second-order valence-corrected chi connectivity index (χ2v) is 9.46. The predicted molar refractivity (Wildman–Crippen MR) is 102 cm³/mol. The lowest BCUT2D eigenvalue weighted by atomic mass is 10.1. The molecule has 0 unspecified atom stereocenters. The summed E-state index contributed by atoms with van der Waals surface area (Å²) in [7, 11) is -1.91. The third-order valence-electron chi connectivity index (χ3n) is 5.01. The number of hydrogen-bond donors (Lipinski definition) is 0. The minimum Gasteiger partial charge on any atom is -0.343 e. The van der Waals surface area contributed by atoms with Crippen molar-refractivity contribution in [3.05, 3.63) is 40.7 Å². The molecule has 1 fully saturated rings. The van der Waals surface area contributed by atoms with Crippen molar-refractivity contribution in [3.8, 4) is 0 Å². The monoisotopic (exact) mass is 410 g/mol. The third-order valence-corrected chi connectivity index (χ3v) is 7.66. The molecule has 0 bridgehead atoms. The van der Waals surface area contributed by atoms with E-state index in [1.807, 2.05) is 25.1 Å². The summed E-state index contributed by atoms with van der Waals surface area (Å²) in [5, 5.41) is 7.57. The molecule has 2 aromatic rings. The molecule has 0 spiro atoms. The van der Waals surface area contributed by atoms with Crippen molar-refractivity contribution in [2.45, 2.75) is 43.0 Å². The molecule has 1 saturated heterocycles. The lowest BCUT2D eigenvalue weighted by molar-refractivity contribution is -0.132. The number of nitrogens with zero attached hydrogens (tertiary/aromatic N) is 4. The number of rotatable bonds is 5. The SMILES string of the molecule is Cc1cc(CCC(=O)N2CCC(S(=O)(=O)c3nncn3C)CC2)ccc1Cl. The van der Waals surface area contributed by atoms with Crippen molar-refractivity contribution in [1.29, 1.82) is 0 Å². The van der Waals surface area contributed by atoms with Gasteiger partial charge < -0.3 is 9.47 Å². The molecule has 0 aliphatic carbocycles. The molecule has 1 aliphatic heterocycles. The van der Waals surface area contributed by atoms with Crippen molar-refractivity contribution in [2.75, 3.05) is 13.1 Å². The quantitative estimate of drug-likeness (QED) is 0.754. The molecule has 3 rings (SSSR count). The minimum atomic E-state index is -3.52. The molecule has 9 heteroatoms. The van der Waals surface area contributed by atoms with Gasteiger partial charge in [-0.05, 0) is 43.4 Å². The standard InChI is InChI=1S/C18H23ClN4O3S/c1-13-11-14(3-5-16(13)19)4-6-17(24)23-9-7-15(8-10-23)27(25,26)18-21-20-12-22(18)2/h3,5,11-12,15H,4,6-10H2,1-2H3. The number of aryl methyl sites for hydroxylation is 3. The van der Waals surface area contributed by atoms with E-state index in [-0.39, 0.29) is 11.1 Å². The Morgan fingerprint density at radius 1 is 1.30 bits per heavy atom. The van der Waals surface area contributed by atoms with E-state index in [0.29, 0.717) is 38.8 Å². The van der Waals surface area contributed by atoms with Gasteiger partial charge in [0.25, 0.3) is 0 Å². The van der Waals surface area contributed by atoms with Gasteiger partial charge >= 0.3 is 0 Å². The maximum absolute atomic E-state index is 12.7. The molecular formula is C18H23ClN4O3S. The first-order valence-electron chi connectivity index (χ1n) is 8.89. The Morgan fingerprint density at radius 3 is 2.59 bits per heavy atom. The number of piperidine rings is 1. The van der Waals surface area contributed by atoms with E-state index in [0.717, 1.165) is 16.1 Å². The molecule has 0 N–H and O–H groups in total. The van der Waals surface area contributed by atoms with Gasteiger partial charge in [0.2, 0.25) is 20.9 Å². The lowest BCUT2D eigenvalue weighted by Crippen LogP contribution is -2.43. The number of sulfone groups is 1. The van der Waals surface area contributed by atoms with Gasteiger partial charge in [-0.2, -0.15) is 0 Å². The molecular weight excluding hydrogens is 388 g/mol. The number of likely N-dealkylation sites (tertiary alicyclic amines) is 1. The highest BCUT2D eigenvalue weighted by atomic mass is 35.5. The largest absolute Gasteiger partial charge is 0.343 e. The normalized spacial score (nSPS) is 15.9. The van der Waals surface area contributed by atoms with Crippen LogP contribution in [-0.2, 0) is 28.1 Å². The molecule has 1 aliphatic rings. The van der Waals surface area contributed by atoms with Crippen molar-refractivity contribution >= 4 is 27.3 Å². The highest BCUT2D eigenvalue weighted by molar-refractivity contribution is 7.91. The summed E-state index contributed by atoms with van der Waals surface area (Å²) in [5.41, 5.74) is 2.07. The first-order valence-corrected chi connectivity index (χ1v) is 10.8. The van der Waals surface area contributed by atoms with Crippen LogP contribution in [0.3, 0.4) is 0 Å². The van der Waals surface area contributed by atoms with Gasteiger partial charge in [0.05, 0.1) is 5.25 Å². The van der Waals surface area contributed by atoms with Crippen LogP contribution in [0.2, 0.25) is 5.02 Å². The molecule has 0 atom stereocenters. The summed E-state index contributed by atoms with van der Waals surface area (Å²) >= 11 is 6.03. The zero-order valence-corrected chi connectivity index (χ0v) is 17.0. The van der Waals surface area contributed by atoms with Crippen LogP contribution < -0.4 is 0 Å². The molecule has 0 radical (unpaired) electrons. The van der Waals surface area contributed by atoms with Gasteiger partial charge in [-0.15, -0.1) is 10.2 Å². The Bertz CT molecular complexity index is 934. The van der Waals surface area contributed by atoms with Crippen LogP contribution >= 0.6 is 11.6 Å². The van der Waals surface area contributed by atoms with Crippen LogP contribution in [0, 0.1) is 6.92 Å². The van der Waals surface area contributed by atoms with Gasteiger partial charge in [-0.1, -0.05) is 23.7 Å². The average Bonchev–Trinajstić information content (AvgIpc) is 3.09. The fraction of sp³-hybridized carbons (Fsp3) is 0.500. The zero-order valence-electron chi connectivity index (χ0n) is 15.4.